The molecule has 0 radical (unpaired) electrons. The summed E-state index contributed by atoms with van der Waals surface area (Å²) in [7, 11) is 2.65. The van der Waals surface area contributed by atoms with Crippen molar-refractivity contribution in [1.82, 2.24) is 5.32 Å². The van der Waals surface area contributed by atoms with Crippen LogP contribution < -0.4 is 11.1 Å². The fourth-order valence-corrected chi connectivity index (χ4v) is 2.98. The SMILES string of the molecule is CC[Si](OC)(OC)OC.NCCNCc1ccccc1. The van der Waals surface area contributed by atoms with Gasteiger partial charge in [0.1, 0.15) is 0 Å². The molecular formula is C14H28N2O3Si. The predicted octanol–water partition coefficient (Wildman–Crippen LogP) is 1.62. The summed E-state index contributed by atoms with van der Waals surface area (Å²) < 4.78 is 15.2. The van der Waals surface area contributed by atoms with Gasteiger partial charge in [-0.3, -0.25) is 0 Å². The van der Waals surface area contributed by atoms with Crippen molar-refractivity contribution in [1.29, 1.82) is 0 Å². The van der Waals surface area contributed by atoms with Crippen LogP contribution in [0.3, 0.4) is 0 Å². The second kappa shape index (κ2) is 12.0. The van der Waals surface area contributed by atoms with E-state index in [1.807, 2.05) is 25.1 Å². The van der Waals surface area contributed by atoms with Crippen LogP contribution in [0.15, 0.2) is 30.3 Å². The predicted molar refractivity (Wildman–Crippen MR) is 84.5 cm³/mol. The van der Waals surface area contributed by atoms with Crippen LogP contribution in [0.4, 0.5) is 0 Å². The second-order valence-electron chi connectivity index (χ2n) is 4.10. The molecule has 0 aliphatic carbocycles. The zero-order chi connectivity index (χ0) is 15.3. The Hall–Kier alpha value is -0.763. The second-order valence-corrected chi connectivity index (χ2v) is 7.40. The first kappa shape index (κ1) is 19.2. The topological polar surface area (TPSA) is 65.7 Å². The Morgan fingerprint density at radius 2 is 1.60 bits per heavy atom. The minimum absolute atomic E-state index is 0.701. The van der Waals surface area contributed by atoms with Crippen molar-refractivity contribution >= 4 is 8.80 Å². The minimum Gasteiger partial charge on any atom is -0.377 e. The highest BCUT2D eigenvalue weighted by Crippen LogP contribution is 2.10. The van der Waals surface area contributed by atoms with Gasteiger partial charge < -0.3 is 24.3 Å². The van der Waals surface area contributed by atoms with E-state index in [2.05, 4.69) is 17.4 Å². The van der Waals surface area contributed by atoms with Gasteiger partial charge in [0, 0.05) is 47.0 Å². The summed E-state index contributed by atoms with van der Waals surface area (Å²) in [6.45, 7) is 4.49. The van der Waals surface area contributed by atoms with Gasteiger partial charge in [-0.25, -0.2) is 0 Å². The highest BCUT2D eigenvalue weighted by molar-refractivity contribution is 6.60. The van der Waals surface area contributed by atoms with Crippen molar-refractivity contribution in [2.45, 2.75) is 19.5 Å². The van der Waals surface area contributed by atoms with E-state index in [4.69, 9.17) is 19.0 Å². The number of nitrogens with two attached hydrogens (primary N) is 1. The van der Waals surface area contributed by atoms with Crippen molar-refractivity contribution < 1.29 is 13.3 Å². The Morgan fingerprint density at radius 1 is 1.05 bits per heavy atom. The monoisotopic (exact) mass is 300 g/mol. The van der Waals surface area contributed by atoms with Crippen molar-refractivity contribution in [3.63, 3.8) is 0 Å². The highest BCUT2D eigenvalue weighted by Gasteiger charge is 2.34. The third-order valence-electron chi connectivity index (χ3n) is 2.86. The van der Waals surface area contributed by atoms with E-state index in [9.17, 15) is 0 Å². The molecule has 0 amide bonds. The van der Waals surface area contributed by atoms with Crippen molar-refractivity contribution in [2.75, 3.05) is 34.4 Å². The van der Waals surface area contributed by atoms with E-state index in [1.54, 1.807) is 21.3 Å². The molecule has 1 aromatic carbocycles. The number of rotatable bonds is 8. The van der Waals surface area contributed by atoms with Gasteiger partial charge in [0.15, 0.2) is 0 Å². The molecule has 1 rings (SSSR count). The molecule has 0 spiro atoms. The third-order valence-corrected chi connectivity index (χ3v) is 5.59. The highest BCUT2D eigenvalue weighted by atomic mass is 28.4. The molecule has 0 bridgehead atoms. The average Bonchev–Trinajstić information content (AvgIpc) is 2.52. The molecule has 0 fully saturated rings. The molecule has 0 heterocycles. The van der Waals surface area contributed by atoms with Crippen LogP contribution in [-0.4, -0.2) is 43.2 Å². The summed E-state index contributed by atoms with van der Waals surface area (Å²) in [5.41, 5.74) is 6.64. The lowest BCUT2D eigenvalue weighted by Gasteiger charge is -2.22. The normalized spacial score (nSPS) is 10.8. The zero-order valence-corrected chi connectivity index (χ0v) is 14.0. The Balaban J connectivity index is 0.000000370. The maximum Gasteiger partial charge on any atom is 0.499 e. The quantitative estimate of drug-likeness (QED) is 0.564. The lowest BCUT2D eigenvalue weighted by Crippen LogP contribution is -2.41. The number of hydrogen-bond donors (Lipinski definition) is 2. The molecule has 0 saturated carbocycles. The third kappa shape index (κ3) is 7.74. The molecule has 0 unspecified atom stereocenters. The standard InChI is InChI=1S/C9H14N2.C5H14O3Si/c10-6-7-11-8-9-4-2-1-3-5-9;1-5-9(6-2,7-3)8-4/h1-5,11H,6-8,10H2;5H2,1-4H3. The largest absolute Gasteiger partial charge is 0.499 e. The Kier molecular flexibility index (Phi) is 11.6. The average molecular weight is 300 g/mol. The minimum atomic E-state index is -2.19. The van der Waals surface area contributed by atoms with Gasteiger partial charge in [-0.1, -0.05) is 37.3 Å². The van der Waals surface area contributed by atoms with Crippen molar-refractivity contribution in [3.05, 3.63) is 35.9 Å². The molecule has 0 saturated heterocycles. The van der Waals surface area contributed by atoms with Crippen LogP contribution in [0.2, 0.25) is 6.04 Å². The lowest BCUT2D eigenvalue weighted by molar-refractivity contribution is 0.125. The molecule has 3 N–H and O–H groups in total. The van der Waals surface area contributed by atoms with Crippen LogP contribution in [0.5, 0.6) is 0 Å². The number of benzene rings is 1. The maximum atomic E-state index is 5.33. The molecule has 0 atom stereocenters. The zero-order valence-electron chi connectivity index (χ0n) is 13.0. The van der Waals surface area contributed by atoms with Crippen LogP contribution >= 0.6 is 0 Å². The first-order valence-corrected chi connectivity index (χ1v) is 8.71. The summed E-state index contributed by atoms with van der Waals surface area (Å²) in [6.07, 6.45) is 0. The summed E-state index contributed by atoms with van der Waals surface area (Å²) >= 11 is 0. The van der Waals surface area contributed by atoms with E-state index in [-0.39, 0.29) is 0 Å². The molecule has 1 aromatic rings. The number of hydrogen-bond acceptors (Lipinski definition) is 5. The first-order valence-electron chi connectivity index (χ1n) is 6.78. The molecule has 0 aliphatic rings. The molecular weight excluding hydrogens is 272 g/mol. The molecule has 0 aromatic heterocycles. The van der Waals surface area contributed by atoms with Gasteiger partial charge >= 0.3 is 8.80 Å². The van der Waals surface area contributed by atoms with E-state index >= 15 is 0 Å². The lowest BCUT2D eigenvalue weighted by atomic mass is 10.2. The van der Waals surface area contributed by atoms with Crippen molar-refractivity contribution in [2.24, 2.45) is 5.73 Å². The van der Waals surface area contributed by atoms with Gasteiger partial charge in [0.05, 0.1) is 0 Å². The fraction of sp³-hybridized carbons (Fsp3) is 0.571. The summed E-state index contributed by atoms with van der Waals surface area (Å²) in [6, 6.07) is 11.1. The van der Waals surface area contributed by atoms with Gasteiger partial charge in [0.25, 0.3) is 0 Å². The van der Waals surface area contributed by atoms with Crippen LogP contribution in [-0.2, 0) is 19.8 Å². The summed E-state index contributed by atoms with van der Waals surface area (Å²) in [5.74, 6) is 0. The number of nitrogens with one attached hydrogen (secondary N) is 1. The summed E-state index contributed by atoms with van der Waals surface area (Å²) in [4.78, 5) is 0. The summed E-state index contributed by atoms with van der Waals surface area (Å²) in [5, 5.41) is 3.23. The Bertz CT molecular complexity index is 304. The van der Waals surface area contributed by atoms with Crippen molar-refractivity contribution in [3.8, 4) is 0 Å². The van der Waals surface area contributed by atoms with E-state index in [1.165, 1.54) is 5.56 Å². The Labute approximate surface area is 123 Å². The molecule has 0 aliphatic heterocycles. The molecule has 5 nitrogen and oxygen atoms in total. The van der Waals surface area contributed by atoms with Crippen LogP contribution in [0.1, 0.15) is 12.5 Å². The van der Waals surface area contributed by atoms with E-state index in [0.717, 1.165) is 19.1 Å². The van der Waals surface area contributed by atoms with Gasteiger partial charge in [-0.05, 0) is 5.56 Å². The molecule has 20 heavy (non-hydrogen) atoms. The molecule has 6 heteroatoms. The van der Waals surface area contributed by atoms with Gasteiger partial charge in [-0.2, -0.15) is 0 Å². The molecule has 116 valence electrons. The van der Waals surface area contributed by atoms with E-state index in [0.29, 0.717) is 6.54 Å². The van der Waals surface area contributed by atoms with Crippen LogP contribution in [0.25, 0.3) is 0 Å². The smallest absolute Gasteiger partial charge is 0.377 e. The van der Waals surface area contributed by atoms with Gasteiger partial charge in [-0.15, -0.1) is 0 Å². The first-order chi connectivity index (χ1) is 9.67. The Morgan fingerprint density at radius 3 is 1.95 bits per heavy atom. The maximum absolute atomic E-state index is 5.33. The fourth-order valence-electron chi connectivity index (χ4n) is 1.61. The van der Waals surface area contributed by atoms with Gasteiger partial charge in [0.2, 0.25) is 0 Å². The van der Waals surface area contributed by atoms with E-state index < -0.39 is 8.80 Å². The van der Waals surface area contributed by atoms with Crippen LogP contribution in [0, 0.1) is 0 Å².